The lowest BCUT2D eigenvalue weighted by atomic mass is 10.1. The zero-order valence-corrected chi connectivity index (χ0v) is 37.6. The van der Waals surface area contributed by atoms with Crippen molar-refractivity contribution in [3.63, 3.8) is 0 Å². The van der Waals surface area contributed by atoms with Crippen molar-refractivity contribution >= 4 is 17.7 Å². The Balaban J connectivity index is 1.48. The number of ether oxygens (including phenoxy) is 2. The first-order chi connectivity index (χ1) is 30.0. The first-order valence-electron chi connectivity index (χ1n) is 23.2. The molecule has 0 saturated carbocycles. The van der Waals surface area contributed by atoms with E-state index in [0.29, 0.717) is 25.7 Å². The van der Waals surface area contributed by atoms with Crippen LogP contribution in [0.3, 0.4) is 0 Å². The standard InChI is InChI=1S/C53H77N3O5/c1-3-5-7-9-11-13-15-17-19-21-23-25-27-29-31-33-35-37-39-41-50(57)54-49-45-46-56(53(59)55-49)51-44-43-48(61-51)47-60-52(58)42-40-38-36-34-32-30-28-26-24-22-20-18-16-14-12-10-8-6-4-2/h5-8,11-14,17-20,23-26,29-32,45-46,48,51H,3-4,9-10,15-16,21-22,27-28,33-44,47H2,1-2H3,(H,54,55,57,59)/t48-,51?/m0/s1. The lowest BCUT2D eigenvalue weighted by Gasteiger charge is -2.16. The van der Waals surface area contributed by atoms with E-state index in [1.807, 2.05) is 0 Å². The monoisotopic (exact) mass is 836 g/mol. The molecule has 61 heavy (non-hydrogen) atoms. The van der Waals surface area contributed by atoms with Crippen LogP contribution in [0.5, 0.6) is 0 Å². The van der Waals surface area contributed by atoms with Crippen LogP contribution >= 0.6 is 0 Å². The van der Waals surface area contributed by atoms with Crippen LogP contribution in [-0.2, 0) is 19.1 Å². The maximum Gasteiger partial charge on any atom is 0.351 e. The molecule has 1 aliphatic heterocycles. The predicted octanol–water partition coefficient (Wildman–Crippen LogP) is 13.8. The maximum atomic E-state index is 12.8. The molecule has 1 N–H and O–H groups in total. The third-order valence-electron chi connectivity index (χ3n) is 9.76. The van der Waals surface area contributed by atoms with Crippen molar-refractivity contribution in [2.75, 3.05) is 11.9 Å². The summed E-state index contributed by atoms with van der Waals surface area (Å²) in [5.41, 5.74) is -0.484. The van der Waals surface area contributed by atoms with Crippen LogP contribution < -0.4 is 11.0 Å². The van der Waals surface area contributed by atoms with Crippen molar-refractivity contribution in [2.45, 2.75) is 167 Å². The SMILES string of the molecule is CCC=CCC=CCC=CCC=CCC=CCCCCCC(=O)Nc1ccn(C2CC[C@@H](COC(=O)CCCCCC=CCC=CCC=CCC=CCC=CCC)O2)c(=O)n1. The normalized spacial score (nSPS) is 16.4. The number of aromatic nitrogens is 2. The zero-order chi connectivity index (χ0) is 43.7. The van der Waals surface area contributed by atoms with Gasteiger partial charge in [0, 0.05) is 19.0 Å². The van der Waals surface area contributed by atoms with Crippen LogP contribution in [0.1, 0.15) is 161 Å². The minimum Gasteiger partial charge on any atom is -0.463 e. The molecule has 1 fully saturated rings. The Kier molecular flexibility index (Phi) is 32.7. The molecular weight excluding hydrogens is 759 g/mol. The fraction of sp³-hybridized carbons (Fsp3) is 0.509. The summed E-state index contributed by atoms with van der Waals surface area (Å²) in [6, 6.07) is 1.62. The van der Waals surface area contributed by atoms with Crippen LogP contribution in [0.25, 0.3) is 0 Å². The van der Waals surface area contributed by atoms with Crippen LogP contribution in [0, 0.1) is 0 Å². The Bertz CT molecular complexity index is 1670. The average molecular weight is 836 g/mol. The van der Waals surface area contributed by atoms with Gasteiger partial charge >= 0.3 is 11.7 Å². The quantitative estimate of drug-likeness (QED) is 0.0422. The van der Waals surface area contributed by atoms with Gasteiger partial charge in [-0.3, -0.25) is 14.2 Å². The van der Waals surface area contributed by atoms with E-state index in [2.05, 4.69) is 146 Å². The molecule has 1 aromatic rings. The Labute approximate surface area is 368 Å². The van der Waals surface area contributed by atoms with Crippen molar-refractivity contribution in [1.29, 1.82) is 0 Å². The molecule has 2 rings (SSSR count). The highest BCUT2D eigenvalue weighted by molar-refractivity contribution is 5.89. The fourth-order valence-corrected chi connectivity index (χ4v) is 6.35. The van der Waals surface area contributed by atoms with Gasteiger partial charge in [-0.2, -0.15) is 4.98 Å². The molecular formula is C53H77N3O5. The summed E-state index contributed by atoms with van der Waals surface area (Å²) in [7, 11) is 0. The van der Waals surface area contributed by atoms with Crippen molar-refractivity contribution in [2.24, 2.45) is 0 Å². The van der Waals surface area contributed by atoms with E-state index in [-0.39, 0.29) is 30.4 Å². The predicted molar refractivity (Wildman–Crippen MR) is 256 cm³/mol. The summed E-state index contributed by atoms with van der Waals surface area (Å²) in [5.74, 6) is -0.124. The highest BCUT2D eigenvalue weighted by Crippen LogP contribution is 2.27. The molecule has 0 spiro atoms. The Morgan fingerprint density at radius 3 is 1.52 bits per heavy atom. The smallest absolute Gasteiger partial charge is 0.351 e. The number of hydrogen-bond donors (Lipinski definition) is 1. The maximum absolute atomic E-state index is 12.8. The van der Waals surface area contributed by atoms with E-state index in [9.17, 15) is 14.4 Å². The number of nitrogens with one attached hydrogen (secondary N) is 1. The number of carbonyl (C=O) groups excluding carboxylic acids is 2. The van der Waals surface area contributed by atoms with Crippen LogP contribution in [0.15, 0.2) is 139 Å². The topological polar surface area (TPSA) is 99.5 Å². The summed E-state index contributed by atoms with van der Waals surface area (Å²) in [4.78, 5) is 41.6. The van der Waals surface area contributed by atoms with Gasteiger partial charge in [-0.15, -0.1) is 0 Å². The van der Waals surface area contributed by atoms with Gasteiger partial charge in [0.1, 0.15) is 18.7 Å². The van der Waals surface area contributed by atoms with E-state index in [4.69, 9.17) is 9.47 Å². The zero-order valence-electron chi connectivity index (χ0n) is 37.6. The average Bonchev–Trinajstić information content (AvgIpc) is 3.73. The molecule has 1 saturated heterocycles. The third-order valence-corrected chi connectivity index (χ3v) is 9.76. The largest absolute Gasteiger partial charge is 0.463 e. The van der Waals surface area contributed by atoms with Gasteiger partial charge in [0.05, 0.1) is 6.10 Å². The van der Waals surface area contributed by atoms with Crippen molar-refractivity contribution in [1.82, 2.24) is 9.55 Å². The number of hydrogen-bond acceptors (Lipinski definition) is 6. The van der Waals surface area contributed by atoms with E-state index in [1.165, 1.54) is 4.57 Å². The number of esters is 1. The molecule has 2 heterocycles. The highest BCUT2D eigenvalue weighted by Gasteiger charge is 2.28. The summed E-state index contributed by atoms with van der Waals surface area (Å²) < 4.78 is 12.9. The molecule has 1 unspecified atom stereocenters. The van der Waals surface area contributed by atoms with Gasteiger partial charge in [0.25, 0.3) is 0 Å². The van der Waals surface area contributed by atoms with Gasteiger partial charge < -0.3 is 14.8 Å². The van der Waals surface area contributed by atoms with Gasteiger partial charge in [0.2, 0.25) is 5.91 Å². The van der Waals surface area contributed by atoms with Gasteiger partial charge in [-0.25, -0.2) is 4.79 Å². The molecule has 0 radical (unpaired) electrons. The number of carbonyl (C=O) groups is 2. The Hall–Kier alpha value is -4.82. The molecule has 0 bridgehead atoms. The number of anilines is 1. The van der Waals surface area contributed by atoms with Crippen LogP contribution in [0.4, 0.5) is 5.82 Å². The Morgan fingerprint density at radius 2 is 1.07 bits per heavy atom. The second kappa shape index (κ2) is 38.1. The number of unbranched alkanes of at least 4 members (excludes halogenated alkanes) is 6. The first-order valence-corrected chi connectivity index (χ1v) is 23.2. The number of rotatable bonds is 34. The van der Waals surface area contributed by atoms with Crippen molar-refractivity contribution in [3.8, 4) is 0 Å². The van der Waals surface area contributed by atoms with E-state index < -0.39 is 11.9 Å². The van der Waals surface area contributed by atoms with Crippen LogP contribution in [0.2, 0.25) is 0 Å². The summed E-state index contributed by atoms with van der Waals surface area (Å²) >= 11 is 0. The molecule has 1 aromatic heterocycles. The second-order valence-electron chi connectivity index (χ2n) is 15.1. The summed E-state index contributed by atoms with van der Waals surface area (Å²) in [6.45, 7) is 4.47. The summed E-state index contributed by atoms with van der Waals surface area (Å²) in [6.07, 6.45) is 64.5. The lowest BCUT2D eigenvalue weighted by molar-refractivity contribution is -0.148. The highest BCUT2D eigenvalue weighted by atomic mass is 16.6. The number of nitrogens with zero attached hydrogens (tertiary/aromatic N) is 2. The molecule has 2 atom stereocenters. The molecule has 0 aromatic carbocycles. The van der Waals surface area contributed by atoms with Gasteiger partial charge in [-0.05, 0) is 122 Å². The molecule has 1 aliphatic rings. The number of allylic oxidation sites excluding steroid dienone is 20. The molecule has 1 amide bonds. The van der Waals surface area contributed by atoms with E-state index in [0.717, 1.165) is 116 Å². The van der Waals surface area contributed by atoms with Crippen molar-refractivity contribution in [3.05, 3.63) is 144 Å². The van der Waals surface area contributed by atoms with E-state index in [1.54, 1.807) is 12.3 Å². The molecule has 8 heteroatoms. The minimum atomic E-state index is -0.484. The molecule has 334 valence electrons. The first kappa shape index (κ1) is 52.3. The van der Waals surface area contributed by atoms with E-state index >= 15 is 0 Å². The van der Waals surface area contributed by atoms with Gasteiger partial charge in [0.15, 0.2) is 0 Å². The van der Waals surface area contributed by atoms with Crippen LogP contribution in [-0.4, -0.2) is 34.1 Å². The molecule has 8 nitrogen and oxygen atoms in total. The number of amides is 1. The lowest BCUT2D eigenvalue weighted by Crippen LogP contribution is -2.29. The summed E-state index contributed by atoms with van der Waals surface area (Å²) in [5, 5.41) is 2.75. The Morgan fingerprint density at radius 1 is 0.623 bits per heavy atom. The second-order valence-corrected chi connectivity index (χ2v) is 15.1. The third kappa shape index (κ3) is 30.0. The minimum absolute atomic E-state index is 0.149. The fourth-order valence-electron chi connectivity index (χ4n) is 6.35. The molecule has 0 aliphatic carbocycles. The van der Waals surface area contributed by atoms with Crippen molar-refractivity contribution < 1.29 is 19.1 Å². The van der Waals surface area contributed by atoms with Gasteiger partial charge in [-0.1, -0.05) is 148 Å².